The normalized spacial score (nSPS) is 10.1. The Hall–Kier alpha value is -1.94. The molecular formula is C13H11ClN2O2. The first-order valence-corrected chi connectivity index (χ1v) is 5.84. The molecule has 0 aliphatic heterocycles. The number of hydrogen-bond acceptors (Lipinski definition) is 4. The van der Waals surface area contributed by atoms with Crippen LogP contribution in [0.4, 0.5) is 0 Å². The molecule has 4 nitrogen and oxygen atoms in total. The predicted molar refractivity (Wildman–Crippen MR) is 68.4 cm³/mol. The fourth-order valence-corrected chi connectivity index (χ4v) is 1.63. The second-order valence-corrected chi connectivity index (χ2v) is 3.93. The Morgan fingerprint density at radius 2 is 2.22 bits per heavy atom. The van der Waals surface area contributed by atoms with Crippen molar-refractivity contribution in [3.8, 4) is 11.4 Å². The third-order valence-electron chi connectivity index (χ3n) is 2.22. The van der Waals surface area contributed by atoms with E-state index in [9.17, 15) is 4.79 Å². The van der Waals surface area contributed by atoms with Crippen molar-refractivity contribution < 1.29 is 9.53 Å². The molecule has 0 saturated carbocycles. The molecule has 0 bridgehead atoms. The standard InChI is InChI=1S/C13H11ClN2O2/c1-2-18-13(17)11-6-7-15-12(16-11)9-4-3-5-10(14)8-9/h3-8H,2H2,1H3. The van der Waals surface area contributed by atoms with E-state index in [1.54, 1.807) is 25.1 Å². The summed E-state index contributed by atoms with van der Waals surface area (Å²) in [5.41, 5.74) is 0.996. The number of carbonyl (C=O) groups is 1. The maximum Gasteiger partial charge on any atom is 0.357 e. The molecular weight excluding hydrogens is 252 g/mol. The van der Waals surface area contributed by atoms with E-state index in [1.165, 1.54) is 12.3 Å². The number of ether oxygens (including phenoxy) is 1. The first-order valence-electron chi connectivity index (χ1n) is 5.47. The van der Waals surface area contributed by atoms with Gasteiger partial charge in [-0.05, 0) is 25.1 Å². The van der Waals surface area contributed by atoms with Crippen LogP contribution in [-0.2, 0) is 4.74 Å². The Morgan fingerprint density at radius 1 is 1.39 bits per heavy atom. The molecule has 18 heavy (non-hydrogen) atoms. The molecule has 0 atom stereocenters. The average Bonchev–Trinajstić information content (AvgIpc) is 2.39. The zero-order valence-electron chi connectivity index (χ0n) is 9.76. The molecule has 0 saturated heterocycles. The van der Waals surface area contributed by atoms with Gasteiger partial charge in [0.25, 0.3) is 0 Å². The maximum absolute atomic E-state index is 11.6. The molecule has 0 aliphatic carbocycles. The molecule has 5 heteroatoms. The lowest BCUT2D eigenvalue weighted by Gasteiger charge is -2.03. The minimum atomic E-state index is -0.455. The number of hydrogen-bond donors (Lipinski definition) is 0. The fourth-order valence-electron chi connectivity index (χ4n) is 1.44. The molecule has 1 aromatic carbocycles. The highest BCUT2D eigenvalue weighted by molar-refractivity contribution is 6.30. The maximum atomic E-state index is 11.6. The Labute approximate surface area is 110 Å². The molecule has 1 aromatic heterocycles. The van der Waals surface area contributed by atoms with Crippen LogP contribution >= 0.6 is 11.6 Å². The molecule has 2 rings (SSSR count). The Kier molecular flexibility index (Phi) is 3.89. The summed E-state index contributed by atoms with van der Waals surface area (Å²) >= 11 is 5.90. The molecule has 1 heterocycles. The van der Waals surface area contributed by atoms with Crippen LogP contribution in [0.2, 0.25) is 5.02 Å². The van der Waals surface area contributed by atoms with Gasteiger partial charge in [-0.1, -0.05) is 23.7 Å². The summed E-state index contributed by atoms with van der Waals surface area (Å²) in [5.74, 6) is -0.00812. The van der Waals surface area contributed by atoms with Crippen LogP contribution in [0.15, 0.2) is 36.5 Å². The highest BCUT2D eigenvalue weighted by atomic mass is 35.5. The van der Waals surface area contributed by atoms with Gasteiger partial charge in [-0.15, -0.1) is 0 Å². The van der Waals surface area contributed by atoms with Crippen molar-refractivity contribution in [2.24, 2.45) is 0 Å². The second kappa shape index (κ2) is 5.60. The van der Waals surface area contributed by atoms with E-state index in [-0.39, 0.29) is 5.69 Å². The fraction of sp³-hybridized carbons (Fsp3) is 0.154. The van der Waals surface area contributed by atoms with E-state index in [1.807, 2.05) is 6.07 Å². The Morgan fingerprint density at radius 3 is 2.94 bits per heavy atom. The van der Waals surface area contributed by atoms with Gasteiger partial charge in [0.2, 0.25) is 0 Å². The number of rotatable bonds is 3. The van der Waals surface area contributed by atoms with E-state index in [0.717, 1.165) is 5.56 Å². The molecule has 0 aliphatic rings. The summed E-state index contributed by atoms with van der Waals surface area (Å²) in [6.07, 6.45) is 1.52. The number of benzene rings is 1. The zero-order valence-corrected chi connectivity index (χ0v) is 10.5. The van der Waals surface area contributed by atoms with Gasteiger partial charge < -0.3 is 4.74 Å². The largest absolute Gasteiger partial charge is 0.461 e. The Bertz CT molecular complexity index is 572. The lowest BCUT2D eigenvalue weighted by molar-refractivity contribution is 0.0519. The lowest BCUT2D eigenvalue weighted by atomic mass is 10.2. The Balaban J connectivity index is 2.35. The first-order chi connectivity index (χ1) is 8.70. The van der Waals surface area contributed by atoms with Gasteiger partial charge in [-0.3, -0.25) is 0 Å². The number of aromatic nitrogens is 2. The van der Waals surface area contributed by atoms with Crippen LogP contribution in [0, 0.1) is 0 Å². The van der Waals surface area contributed by atoms with E-state index in [2.05, 4.69) is 9.97 Å². The monoisotopic (exact) mass is 262 g/mol. The summed E-state index contributed by atoms with van der Waals surface area (Å²) in [6, 6.07) is 8.66. The highest BCUT2D eigenvalue weighted by Gasteiger charge is 2.10. The quantitative estimate of drug-likeness (QED) is 0.798. The van der Waals surface area contributed by atoms with E-state index < -0.39 is 5.97 Å². The smallest absolute Gasteiger partial charge is 0.357 e. The molecule has 0 amide bonds. The van der Waals surface area contributed by atoms with Crippen molar-refractivity contribution in [1.29, 1.82) is 0 Å². The van der Waals surface area contributed by atoms with E-state index in [0.29, 0.717) is 17.5 Å². The van der Waals surface area contributed by atoms with Crippen LogP contribution in [0.25, 0.3) is 11.4 Å². The van der Waals surface area contributed by atoms with Crippen LogP contribution in [0.1, 0.15) is 17.4 Å². The van der Waals surface area contributed by atoms with E-state index in [4.69, 9.17) is 16.3 Å². The summed E-state index contributed by atoms with van der Waals surface area (Å²) in [5, 5.41) is 0.595. The zero-order chi connectivity index (χ0) is 13.0. The molecule has 0 radical (unpaired) electrons. The van der Waals surface area contributed by atoms with Crippen molar-refractivity contribution >= 4 is 17.6 Å². The topological polar surface area (TPSA) is 52.1 Å². The summed E-state index contributed by atoms with van der Waals surface area (Å²) in [7, 11) is 0. The van der Waals surface area contributed by atoms with Gasteiger partial charge in [0, 0.05) is 16.8 Å². The number of nitrogens with zero attached hydrogens (tertiary/aromatic N) is 2. The third-order valence-corrected chi connectivity index (χ3v) is 2.46. The molecule has 92 valence electrons. The summed E-state index contributed by atoms with van der Waals surface area (Å²) in [4.78, 5) is 19.8. The van der Waals surface area contributed by atoms with Crippen molar-refractivity contribution in [2.75, 3.05) is 6.61 Å². The molecule has 0 fully saturated rings. The van der Waals surface area contributed by atoms with Gasteiger partial charge in [0.1, 0.15) is 0 Å². The van der Waals surface area contributed by atoms with Gasteiger partial charge >= 0.3 is 5.97 Å². The molecule has 2 aromatic rings. The van der Waals surface area contributed by atoms with Crippen molar-refractivity contribution in [2.45, 2.75) is 6.92 Å². The van der Waals surface area contributed by atoms with Gasteiger partial charge in [-0.25, -0.2) is 14.8 Å². The van der Waals surface area contributed by atoms with Gasteiger partial charge in [0.05, 0.1) is 6.61 Å². The third kappa shape index (κ3) is 2.84. The minimum Gasteiger partial charge on any atom is -0.461 e. The van der Waals surface area contributed by atoms with Crippen LogP contribution in [0.3, 0.4) is 0 Å². The molecule has 0 spiro atoms. The SMILES string of the molecule is CCOC(=O)c1ccnc(-c2cccc(Cl)c2)n1. The van der Waals surface area contributed by atoms with Gasteiger partial charge in [-0.2, -0.15) is 0 Å². The van der Waals surface area contributed by atoms with Crippen LogP contribution < -0.4 is 0 Å². The summed E-state index contributed by atoms with van der Waals surface area (Å²) in [6.45, 7) is 2.06. The predicted octanol–water partition coefficient (Wildman–Crippen LogP) is 2.97. The molecule has 0 N–H and O–H groups in total. The van der Waals surface area contributed by atoms with Crippen LogP contribution in [-0.4, -0.2) is 22.5 Å². The number of halogens is 1. The minimum absolute atomic E-state index is 0.238. The lowest BCUT2D eigenvalue weighted by Crippen LogP contribution is -2.08. The van der Waals surface area contributed by atoms with Crippen LogP contribution in [0.5, 0.6) is 0 Å². The number of esters is 1. The highest BCUT2D eigenvalue weighted by Crippen LogP contribution is 2.19. The second-order valence-electron chi connectivity index (χ2n) is 3.50. The number of carbonyl (C=O) groups excluding carboxylic acids is 1. The molecule has 0 unspecified atom stereocenters. The van der Waals surface area contributed by atoms with E-state index >= 15 is 0 Å². The first kappa shape index (κ1) is 12.5. The van der Waals surface area contributed by atoms with Crippen molar-refractivity contribution in [1.82, 2.24) is 9.97 Å². The van der Waals surface area contributed by atoms with Crippen molar-refractivity contribution in [3.63, 3.8) is 0 Å². The van der Waals surface area contributed by atoms with Gasteiger partial charge in [0.15, 0.2) is 11.5 Å². The van der Waals surface area contributed by atoms with Crippen molar-refractivity contribution in [3.05, 3.63) is 47.2 Å². The average molecular weight is 263 g/mol. The summed E-state index contributed by atoms with van der Waals surface area (Å²) < 4.78 is 4.89.